The first-order chi connectivity index (χ1) is 11.1. The first-order valence-electron chi connectivity index (χ1n) is 7.03. The number of nitrogens with one attached hydrogen (secondary N) is 1. The molecule has 7 heteroatoms. The van der Waals surface area contributed by atoms with Crippen LogP contribution in [0, 0.1) is 6.92 Å². The molecule has 0 aliphatic heterocycles. The zero-order valence-electron chi connectivity index (χ0n) is 12.4. The molecule has 3 rings (SSSR count). The van der Waals surface area contributed by atoms with Crippen molar-refractivity contribution in [3.63, 3.8) is 0 Å². The summed E-state index contributed by atoms with van der Waals surface area (Å²) in [5.74, 6) is -0.336. The molecule has 1 amide bonds. The van der Waals surface area contributed by atoms with Crippen molar-refractivity contribution >= 4 is 11.6 Å². The molecule has 0 unspecified atom stereocenters. The number of aryl methyl sites for hydroxylation is 1. The number of phenols is 1. The summed E-state index contributed by atoms with van der Waals surface area (Å²) in [6.45, 7) is 1.88. The van der Waals surface area contributed by atoms with E-state index in [9.17, 15) is 9.90 Å². The summed E-state index contributed by atoms with van der Waals surface area (Å²) in [7, 11) is 0. The maximum absolute atomic E-state index is 12.7. The number of phenolic OH excluding ortho intramolecular Hbond substituents is 1. The Kier molecular flexibility index (Phi) is 4.01. The van der Waals surface area contributed by atoms with Gasteiger partial charge in [0.1, 0.15) is 12.1 Å². The zero-order valence-corrected chi connectivity index (χ0v) is 12.4. The van der Waals surface area contributed by atoms with Crippen molar-refractivity contribution in [2.45, 2.75) is 13.0 Å². The van der Waals surface area contributed by atoms with Crippen LogP contribution in [0.15, 0.2) is 54.9 Å². The number of nitrogens with zero attached hydrogens (tertiary/aromatic N) is 4. The van der Waals surface area contributed by atoms with Gasteiger partial charge in [-0.25, -0.2) is 4.68 Å². The largest absolute Gasteiger partial charge is 0.506 e. The van der Waals surface area contributed by atoms with Crippen LogP contribution in [0.4, 0.5) is 5.69 Å². The molecular formula is C16H15N5O2. The molecular weight excluding hydrogens is 294 g/mol. The number of rotatable bonds is 4. The molecule has 0 saturated heterocycles. The van der Waals surface area contributed by atoms with E-state index in [1.807, 2.05) is 37.3 Å². The Morgan fingerprint density at radius 1 is 1.22 bits per heavy atom. The van der Waals surface area contributed by atoms with Crippen LogP contribution in [0.2, 0.25) is 0 Å². The highest BCUT2D eigenvalue weighted by molar-refractivity contribution is 5.96. The fourth-order valence-electron chi connectivity index (χ4n) is 2.30. The first kappa shape index (κ1) is 14.7. The van der Waals surface area contributed by atoms with Gasteiger partial charge >= 0.3 is 0 Å². The Morgan fingerprint density at radius 3 is 2.70 bits per heavy atom. The van der Waals surface area contributed by atoms with E-state index in [4.69, 9.17) is 0 Å². The Balaban J connectivity index is 1.94. The normalized spacial score (nSPS) is 11.9. The van der Waals surface area contributed by atoms with E-state index in [2.05, 4.69) is 20.8 Å². The van der Waals surface area contributed by atoms with E-state index in [0.29, 0.717) is 5.69 Å². The molecule has 0 saturated carbocycles. The highest BCUT2D eigenvalue weighted by Crippen LogP contribution is 2.26. The van der Waals surface area contributed by atoms with Crippen LogP contribution < -0.4 is 5.32 Å². The molecule has 0 aliphatic rings. The third-order valence-corrected chi connectivity index (χ3v) is 3.40. The molecule has 0 bridgehead atoms. The summed E-state index contributed by atoms with van der Waals surface area (Å²) in [6.07, 6.45) is 1.38. The van der Waals surface area contributed by atoms with Crippen molar-refractivity contribution in [1.82, 2.24) is 20.2 Å². The Hall–Kier alpha value is -3.22. The number of hydrogen-bond acceptors (Lipinski definition) is 5. The lowest BCUT2D eigenvalue weighted by atomic mass is 10.1. The number of anilines is 1. The number of carbonyl (C=O) groups is 1. The van der Waals surface area contributed by atoms with Gasteiger partial charge in [-0.3, -0.25) is 4.79 Å². The van der Waals surface area contributed by atoms with Gasteiger partial charge in [-0.2, -0.15) is 0 Å². The lowest BCUT2D eigenvalue weighted by molar-refractivity contribution is -0.118. The summed E-state index contributed by atoms with van der Waals surface area (Å²) in [6, 6.07) is 13.5. The molecule has 0 radical (unpaired) electrons. The van der Waals surface area contributed by atoms with E-state index in [1.54, 1.807) is 18.2 Å². The number of tetrazole rings is 1. The number of carbonyl (C=O) groups excluding carboxylic acids is 1. The maximum atomic E-state index is 12.7. The molecule has 0 spiro atoms. The quantitative estimate of drug-likeness (QED) is 0.718. The second-order valence-electron chi connectivity index (χ2n) is 5.11. The second-order valence-corrected chi connectivity index (χ2v) is 5.11. The zero-order chi connectivity index (χ0) is 16.2. The van der Waals surface area contributed by atoms with E-state index in [-0.39, 0.29) is 11.7 Å². The van der Waals surface area contributed by atoms with Crippen LogP contribution in [-0.2, 0) is 4.79 Å². The van der Waals surface area contributed by atoms with Gasteiger partial charge in [0.15, 0.2) is 6.04 Å². The predicted octanol–water partition coefficient (Wildman–Crippen LogP) is 1.92. The summed E-state index contributed by atoms with van der Waals surface area (Å²) in [5, 5.41) is 23.7. The smallest absolute Gasteiger partial charge is 0.254 e. The standard InChI is InChI=1S/C16H15N5O2/c1-11-7-8-14(22)13(9-11)18-16(23)15(21-10-17-19-20-21)12-5-3-2-4-6-12/h2-10,15,22H,1H3,(H,18,23)/t15-/m0/s1. The first-order valence-corrected chi connectivity index (χ1v) is 7.03. The van der Waals surface area contributed by atoms with Crippen LogP contribution in [0.25, 0.3) is 0 Å². The van der Waals surface area contributed by atoms with Gasteiger partial charge in [0.2, 0.25) is 0 Å². The third-order valence-electron chi connectivity index (χ3n) is 3.40. The highest BCUT2D eigenvalue weighted by atomic mass is 16.3. The Labute approximate surface area is 132 Å². The minimum atomic E-state index is -0.730. The summed E-state index contributed by atoms with van der Waals surface area (Å²) in [5.41, 5.74) is 2.02. The van der Waals surface area contributed by atoms with Gasteiger partial charge in [0, 0.05) is 0 Å². The fourth-order valence-corrected chi connectivity index (χ4v) is 2.30. The maximum Gasteiger partial charge on any atom is 0.254 e. The van der Waals surface area contributed by atoms with Crippen LogP contribution in [-0.4, -0.2) is 31.2 Å². The van der Waals surface area contributed by atoms with Crippen LogP contribution in [0.3, 0.4) is 0 Å². The lowest BCUT2D eigenvalue weighted by Gasteiger charge is -2.17. The molecule has 116 valence electrons. The molecule has 0 fully saturated rings. The van der Waals surface area contributed by atoms with Crippen molar-refractivity contribution in [2.24, 2.45) is 0 Å². The number of aromatic nitrogens is 4. The molecule has 0 aliphatic carbocycles. The Morgan fingerprint density at radius 2 is 2.00 bits per heavy atom. The van der Waals surface area contributed by atoms with Crippen molar-refractivity contribution in [1.29, 1.82) is 0 Å². The average Bonchev–Trinajstić information content (AvgIpc) is 3.06. The second kappa shape index (κ2) is 6.27. The van der Waals surface area contributed by atoms with E-state index in [1.165, 1.54) is 11.0 Å². The molecule has 3 aromatic rings. The molecule has 1 heterocycles. The van der Waals surface area contributed by atoms with E-state index in [0.717, 1.165) is 11.1 Å². The predicted molar refractivity (Wildman–Crippen MR) is 83.9 cm³/mol. The molecule has 23 heavy (non-hydrogen) atoms. The molecule has 7 nitrogen and oxygen atoms in total. The Bertz CT molecular complexity index is 803. The fraction of sp³-hybridized carbons (Fsp3) is 0.125. The number of amides is 1. The van der Waals surface area contributed by atoms with Crippen molar-refractivity contribution in [3.05, 3.63) is 66.0 Å². The molecule has 1 atom stereocenters. The van der Waals surface area contributed by atoms with Gasteiger partial charge in [0.25, 0.3) is 5.91 Å². The van der Waals surface area contributed by atoms with Crippen molar-refractivity contribution in [3.8, 4) is 5.75 Å². The van der Waals surface area contributed by atoms with Gasteiger partial charge < -0.3 is 10.4 Å². The van der Waals surface area contributed by atoms with Gasteiger partial charge in [-0.1, -0.05) is 36.4 Å². The van der Waals surface area contributed by atoms with Crippen molar-refractivity contribution in [2.75, 3.05) is 5.32 Å². The van der Waals surface area contributed by atoms with Gasteiger partial charge in [0.05, 0.1) is 5.69 Å². The minimum Gasteiger partial charge on any atom is -0.506 e. The summed E-state index contributed by atoms with van der Waals surface area (Å²) >= 11 is 0. The molecule has 1 aromatic heterocycles. The molecule has 2 aromatic carbocycles. The number of benzene rings is 2. The highest BCUT2D eigenvalue weighted by Gasteiger charge is 2.24. The van der Waals surface area contributed by atoms with Crippen LogP contribution in [0.5, 0.6) is 5.75 Å². The monoisotopic (exact) mass is 309 g/mol. The topological polar surface area (TPSA) is 92.9 Å². The van der Waals surface area contributed by atoms with Gasteiger partial charge in [-0.05, 0) is 40.6 Å². The van der Waals surface area contributed by atoms with E-state index >= 15 is 0 Å². The van der Waals surface area contributed by atoms with E-state index < -0.39 is 6.04 Å². The minimum absolute atomic E-state index is 0.00692. The number of aromatic hydroxyl groups is 1. The lowest BCUT2D eigenvalue weighted by Crippen LogP contribution is -2.27. The van der Waals surface area contributed by atoms with Crippen LogP contribution in [0.1, 0.15) is 17.2 Å². The van der Waals surface area contributed by atoms with Crippen molar-refractivity contribution < 1.29 is 9.90 Å². The average molecular weight is 309 g/mol. The van der Waals surface area contributed by atoms with Gasteiger partial charge in [-0.15, -0.1) is 5.10 Å². The SMILES string of the molecule is Cc1ccc(O)c(NC(=O)[C@H](c2ccccc2)n2cnnn2)c1. The third kappa shape index (κ3) is 3.18. The molecule has 2 N–H and O–H groups in total. The summed E-state index contributed by atoms with van der Waals surface area (Å²) < 4.78 is 1.37. The van der Waals surface area contributed by atoms with Crippen LogP contribution >= 0.6 is 0 Å². The summed E-state index contributed by atoms with van der Waals surface area (Å²) in [4.78, 5) is 12.7. The number of hydrogen-bond donors (Lipinski definition) is 2.